The topological polar surface area (TPSA) is 142 Å². The normalized spacial score (nSPS) is 10.8. The van der Waals surface area contributed by atoms with Crippen LogP contribution in [0.1, 0.15) is 46.8 Å². The molecule has 0 unspecified atom stereocenters. The van der Waals surface area contributed by atoms with Gasteiger partial charge in [0.2, 0.25) is 5.91 Å². The van der Waals surface area contributed by atoms with Gasteiger partial charge in [0.1, 0.15) is 11.8 Å². The molecule has 0 saturated heterocycles. The molecule has 202 valence electrons. The Morgan fingerprint density at radius 1 is 1.00 bits per heavy atom. The zero-order chi connectivity index (χ0) is 28.7. The van der Waals surface area contributed by atoms with Gasteiger partial charge in [-0.05, 0) is 67.4 Å². The third-order valence-corrected chi connectivity index (χ3v) is 7.34. The number of sulfonamides is 1. The summed E-state index contributed by atoms with van der Waals surface area (Å²) >= 11 is 12.1. The van der Waals surface area contributed by atoms with Crippen LogP contribution in [0.4, 0.5) is 5.69 Å². The van der Waals surface area contributed by atoms with E-state index in [4.69, 9.17) is 27.9 Å². The van der Waals surface area contributed by atoms with Crippen molar-refractivity contribution in [2.24, 2.45) is 0 Å². The summed E-state index contributed by atoms with van der Waals surface area (Å²) in [5.74, 6) is -1.70. The molecular weight excluding hydrogens is 565 g/mol. The lowest BCUT2D eigenvalue weighted by Gasteiger charge is -2.14. The number of ether oxygens (including phenoxy) is 1. The molecule has 3 aromatic rings. The summed E-state index contributed by atoms with van der Waals surface area (Å²) < 4.78 is 32.5. The molecule has 9 nitrogen and oxygen atoms in total. The Labute approximate surface area is 235 Å². The van der Waals surface area contributed by atoms with E-state index in [0.29, 0.717) is 17.7 Å². The lowest BCUT2D eigenvalue weighted by molar-refractivity contribution is -0.119. The lowest BCUT2D eigenvalue weighted by Crippen LogP contribution is -2.30. The third kappa shape index (κ3) is 7.35. The molecule has 2 N–H and O–H groups in total. The first-order chi connectivity index (χ1) is 18.5. The molecule has 39 heavy (non-hydrogen) atoms. The average molecular weight is 588 g/mol. The Kier molecular flexibility index (Phi) is 9.70. The Hall–Kier alpha value is -3.91. The van der Waals surface area contributed by atoms with E-state index in [9.17, 15) is 28.1 Å². The van der Waals surface area contributed by atoms with E-state index in [1.54, 1.807) is 13.8 Å². The molecule has 3 rings (SSSR count). The predicted molar refractivity (Wildman–Crippen MR) is 147 cm³/mol. The van der Waals surface area contributed by atoms with E-state index >= 15 is 0 Å². The van der Waals surface area contributed by atoms with Crippen LogP contribution in [0.15, 0.2) is 59.5 Å². The van der Waals surface area contributed by atoms with E-state index in [-0.39, 0.29) is 43.8 Å². The number of carbonyl (C=O) groups excluding carboxylic acids is 3. The van der Waals surface area contributed by atoms with Crippen LogP contribution in [0.3, 0.4) is 0 Å². The van der Waals surface area contributed by atoms with Gasteiger partial charge in [-0.3, -0.25) is 14.4 Å². The van der Waals surface area contributed by atoms with Gasteiger partial charge in [0.25, 0.3) is 15.9 Å². The van der Waals surface area contributed by atoms with Gasteiger partial charge in [-0.15, -0.1) is 0 Å². The summed E-state index contributed by atoms with van der Waals surface area (Å²) in [7, 11) is -4.05. The highest BCUT2D eigenvalue weighted by molar-refractivity contribution is 7.90. The number of amides is 2. The van der Waals surface area contributed by atoms with Gasteiger partial charge < -0.3 is 10.1 Å². The molecular formula is C27H23Cl2N3O6S. The first-order valence-electron chi connectivity index (χ1n) is 11.6. The van der Waals surface area contributed by atoms with Crippen molar-refractivity contribution in [3.05, 3.63) is 86.9 Å². The largest absolute Gasteiger partial charge is 0.483 e. The first kappa shape index (κ1) is 29.6. The fourth-order valence-corrected chi connectivity index (χ4v) is 5.03. The summed E-state index contributed by atoms with van der Waals surface area (Å²) in [6, 6.07) is 14.6. The Morgan fingerprint density at radius 2 is 1.74 bits per heavy atom. The van der Waals surface area contributed by atoms with E-state index in [1.165, 1.54) is 54.6 Å². The number of rotatable bonds is 10. The van der Waals surface area contributed by atoms with Crippen molar-refractivity contribution in [2.45, 2.75) is 31.6 Å². The zero-order valence-electron chi connectivity index (χ0n) is 20.9. The first-order valence-corrected chi connectivity index (χ1v) is 13.8. The third-order valence-electron chi connectivity index (χ3n) is 5.42. The number of halogens is 2. The summed E-state index contributed by atoms with van der Waals surface area (Å²) in [6.07, 6.45) is 0.576. The van der Waals surface area contributed by atoms with Crippen LogP contribution in [-0.4, -0.2) is 32.6 Å². The second-order valence-electron chi connectivity index (χ2n) is 8.34. The second kappa shape index (κ2) is 12.8. The van der Waals surface area contributed by atoms with Gasteiger partial charge in [0.15, 0.2) is 12.4 Å². The van der Waals surface area contributed by atoms with Gasteiger partial charge in [-0.1, -0.05) is 36.2 Å². The van der Waals surface area contributed by atoms with Crippen LogP contribution in [0.5, 0.6) is 5.75 Å². The summed E-state index contributed by atoms with van der Waals surface area (Å²) in [4.78, 5) is 37.4. The molecule has 12 heteroatoms. The van der Waals surface area contributed by atoms with Crippen LogP contribution in [0, 0.1) is 18.3 Å². The van der Waals surface area contributed by atoms with Crippen LogP contribution in [0.2, 0.25) is 10.0 Å². The van der Waals surface area contributed by atoms with E-state index in [2.05, 4.69) is 5.32 Å². The van der Waals surface area contributed by atoms with Crippen molar-refractivity contribution in [2.75, 3.05) is 11.9 Å². The molecule has 0 fully saturated rings. The van der Waals surface area contributed by atoms with E-state index < -0.39 is 34.2 Å². The Bertz CT molecular complexity index is 1600. The molecule has 0 radical (unpaired) electrons. The predicted octanol–water partition coefficient (Wildman–Crippen LogP) is 5.03. The van der Waals surface area contributed by atoms with Gasteiger partial charge in [0, 0.05) is 22.7 Å². The fraction of sp³-hybridized carbons (Fsp3) is 0.185. The zero-order valence-corrected chi connectivity index (χ0v) is 23.2. The van der Waals surface area contributed by atoms with Crippen LogP contribution >= 0.6 is 23.2 Å². The van der Waals surface area contributed by atoms with Gasteiger partial charge >= 0.3 is 0 Å². The van der Waals surface area contributed by atoms with Crippen LogP contribution in [0.25, 0.3) is 0 Å². The van der Waals surface area contributed by atoms with Crippen molar-refractivity contribution in [1.29, 1.82) is 5.26 Å². The highest BCUT2D eigenvalue weighted by Gasteiger charge is 2.21. The highest BCUT2D eigenvalue weighted by atomic mass is 35.5. The molecule has 0 saturated carbocycles. The molecule has 0 aromatic heterocycles. The monoisotopic (exact) mass is 587 g/mol. The van der Waals surface area contributed by atoms with Gasteiger partial charge in [-0.25, -0.2) is 13.1 Å². The number of ketones is 1. The summed E-state index contributed by atoms with van der Waals surface area (Å²) in [5.41, 5.74) is 0.843. The maximum absolute atomic E-state index is 13.2. The molecule has 0 atom stereocenters. The number of benzene rings is 3. The van der Waals surface area contributed by atoms with Gasteiger partial charge in [-0.2, -0.15) is 5.26 Å². The van der Waals surface area contributed by atoms with Crippen molar-refractivity contribution in [3.63, 3.8) is 0 Å². The van der Waals surface area contributed by atoms with Crippen molar-refractivity contribution < 1.29 is 27.5 Å². The van der Waals surface area contributed by atoms with Gasteiger partial charge in [0.05, 0.1) is 21.0 Å². The number of carbonyl (C=O) groups is 3. The number of hydrogen-bond acceptors (Lipinski definition) is 7. The number of nitriles is 1. The molecule has 3 aromatic carbocycles. The molecule has 0 bridgehead atoms. The minimum Gasteiger partial charge on any atom is -0.483 e. The number of hydrogen-bond donors (Lipinski definition) is 2. The summed E-state index contributed by atoms with van der Waals surface area (Å²) in [5, 5.41) is 12.4. The minimum atomic E-state index is -4.05. The number of aryl methyl sites for hydroxylation is 1. The van der Waals surface area contributed by atoms with Crippen molar-refractivity contribution in [3.8, 4) is 11.8 Å². The Balaban J connectivity index is 1.75. The SMILES string of the molecule is CCCC(=O)NS(=O)(=O)c1ccc(NC(=O)COc2ccc(Cl)cc2C(=O)c2cccc(Cl)c2C#N)c(C)c1. The van der Waals surface area contributed by atoms with Crippen molar-refractivity contribution >= 4 is 56.5 Å². The molecule has 0 heterocycles. The smallest absolute Gasteiger partial charge is 0.264 e. The number of nitrogens with one attached hydrogen (secondary N) is 2. The standard InChI is InChI=1S/C27H23Cl2N3O6S/c1-3-5-25(33)32-39(36,37)18-9-10-23(16(2)12-18)31-26(34)15-38-24-11-8-17(28)13-20(24)27(35)19-6-4-7-22(29)21(19)14-30/h4,6-13H,3,5,15H2,1-2H3,(H,31,34)(H,32,33). The molecule has 0 aliphatic rings. The molecule has 0 spiro atoms. The highest BCUT2D eigenvalue weighted by Crippen LogP contribution is 2.29. The number of nitrogens with zero attached hydrogens (tertiary/aromatic N) is 1. The van der Waals surface area contributed by atoms with E-state index in [1.807, 2.05) is 10.8 Å². The Morgan fingerprint density at radius 3 is 2.41 bits per heavy atom. The fourth-order valence-electron chi connectivity index (χ4n) is 3.54. The van der Waals surface area contributed by atoms with Crippen molar-refractivity contribution in [1.82, 2.24) is 4.72 Å². The van der Waals surface area contributed by atoms with E-state index in [0.717, 1.165) is 0 Å². The maximum Gasteiger partial charge on any atom is 0.264 e. The lowest BCUT2D eigenvalue weighted by atomic mass is 9.98. The summed E-state index contributed by atoms with van der Waals surface area (Å²) in [6.45, 7) is 2.86. The maximum atomic E-state index is 13.2. The number of anilines is 1. The van der Waals surface area contributed by atoms with Crippen LogP contribution < -0.4 is 14.8 Å². The average Bonchev–Trinajstić information content (AvgIpc) is 2.88. The molecule has 2 amide bonds. The molecule has 0 aliphatic carbocycles. The van der Waals surface area contributed by atoms with Crippen LogP contribution in [-0.2, 0) is 19.6 Å². The molecule has 0 aliphatic heterocycles. The minimum absolute atomic E-state index is 0.00120. The second-order valence-corrected chi connectivity index (χ2v) is 10.9. The quantitative estimate of drug-likeness (QED) is 0.317.